The van der Waals surface area contributed by atoms with Crippen molar-refractivity contribution in [1.29, 1.82) is 0 Å². The molecule has 6 nitrogen and oxygen atoms in total. The third kappa shape index (κ3) is 7.10. The summed E-state index contributed by atoms with van der Waals surface area (Å²) in [5.74, 6) is 0. The van der Waals surface area contributed by atoms with Crippen molar-refractivity contribution < 1.29 is 19.1 Å². The summed E-state index contributed by atoms with van der Waals surface area (Å²) in [6.07, 6.45) is 3.80. The Morgan fingerprint density at radius 1 is 1.17 bits per heavy atom. The Bertz CT molecular complexity index is 411. The number of hydrogen-bond donors (Lipinski definition) is 2. The third-order valence-electron chi connectivity index (χ3n) is 4.34. The van der Waals surface area contributed by atoms with Crippen molar-refractivity contribution in [2.45, 2.75) is 65.8 Å². The van der Waals surface area contributed by atoms with Gasteiger partial charge in [0.05, 0.1) is 13.7 Å². The second-order valence-electron chi connectivity index (χ2n) is 7.74. The molecule has 2 atom stereocenters. The highest BCUT2D eigenvalue weighted by Gasteiger charge is 2.42. The molecular formula is C17H32N2O4. The summed E-state index contributed by atoms with van der Waals surface area (Å²) in [6.45, 7) is 9.58. The fourth-order valence-electron chi connectivity index (χ4n) is 3.74. The van der Waals surface area contributed by atoms with Crippen LogP contribution in [0.5, 0.6) is 0 Å². The summed E-state index contributed by atoms with van der Waals surface area (Å²) in [4.78, 5) is 23.2. The standard InChI is InChI=1S/C17H32N2O4/c1-6-7-8-23-14(20)18-12-17(4)10-13(19-15(21)22-5)9-16(2,3)11-17/h13H,6-12H2,1-5H3,(H,18,20)(H,19,21). The van der Waals surface area contributed by atoms with Gasteiger partial charge in [-0.05, 0) is 36.5 Å². The van der Waals surface area contributed by atoms with Crippen LogP contribution in [0.25, 0.3) is 0 Å². The van der Waals surface area contributed by atoms with Crippen molar-refractivity contribution in [3.05, 3.63) is 0 Å². The van der Waals surface area contributed by atoms with Crippen LogP contribution in [0.15, 0.2) is 0 Å². The zero-order valence-electron chi connectivity index (χ0n) is 15.2. The van der Waals surface area contributed by atoms with Gasteiger partial charge in [0.1, 0.15) is 0 Å². The lowest BCUT2D eigenvalue weighted by Gasteiger charge is -2.46. The summed E-state index contributed by atoms with van der Waals surface area (Å²) >= 11 is 0. The monoisotopic (exact) mass is 328 g/mol. The van der Waals surface area contributed by atoms with Crippen LogP contribution >= 0.6 is 0 Å². The van der Waals surface area contributed by atoms with Crippen LogP contribution in [0, 0.1) is 10.8 Å². The average Bonchev–Trinajstić information content (AvgIpc) is 2.43. The van der Waals surface area contributed by atoms with Gasteiger partial charge in [0.15, 0.2) is 0 Å². The van der Waals surface area contributed by atoms with Crippen LogP contribution in [-0.2, 0) is 9.47 Å². The number of methoxy groups -OCH3 is 1. The van der Waals surface area contributed by atoms with Crippen LogP contribution in [-0.4, -0.2) is 38.5 Å². The van der Waals surface area contributed by atoms with Gasteiger partial charge >= 0.3 is 12.2 Å². The molecule has 2 unspecified atom stereocenters. The second-order valence-corrected chi connectivity index (χ2v) is 7.74. The molecule has 0 heterocycles. The number of hydrogen-bond acceptors (Lipinski definition) is 4. The molecule has 0 radical (unpaired) electrons. The summed E-state index contributed by atoms with van der Waals surface area (Å²) in [5, 5.41) is 5.78. The number of unbranched alkanes of at least 4 members (excludes halogenated alkanes) is 1. The molecule has 134 valence electrons. The van der Waals surface area contributed by atoms with Gasteiger partial charge in [0.25, 0.3) is 0 Å². The summed E-state index contributed by atoms with van der Waals surface area (Å²) in [5.41, 5.74) is 0.00367. The lowest BCUT2D eigenvalue weighted by molar-refractivity contribution is 0.0646. The quantitative estimate of drug-likeness (QED) is 0.732. The number of amides is 2. The first kappa shape index (κ1) is 19.6. The van der Waals surface area contributed by atoms with Gasteiger partial charge in [-0.2, -0.15) is 0 Å². The summed E-state index contributed by atoms with van der Waals surface area (Å²) < 4.78 is 9.84. The SMILES string of the molecule is CCCCOC(=O)NCC1(C)CC(NC(=O)OC)CC(C)(C)C1. The maximum Gasteiger partial charge on any atom is 0.407 e. The first-order valence-corrected chi connectivity index (χ1v) is 8.45. The Balaban J connectivity index is 2.56. The van der Waals surface area contributed by atoms with E-state index in [4.69, 9.17) is 9.47 Å². The average molecular weight is 328 g/mol. The van der Waals surface area contributed by atoms with Gasteiger partial charge in [-0.15, -0.1) is 0 Å². The molecule has 23 heavy (non-hydrogen) atoms. The fraction of sp³-hybridized carbons (Fsp3) is 0.882. The molecule has 1 rings (SSSR count). The number of alkyl carbamates (subject to hydrolysis) is 2. The molecule has 0 aromatic rings. The molecule has 2 amide bonds. The van der Waals surface area contributed by atoms with Gasteiger partial charge in [-0.1, -0.05) is 34.1 Å². The molecule has 6 heteroatoms. The topological polar surface area (TPSA) is 76.7 Å². The van der Waals surface area contributed by atoms with Crippen molar-refractivity contribution >= 4 is 12.2 Å². The van der Waals surface area contributed by atoms with Crippen molar-refractivity contribution in [1.82, 2.24) is 10.6 Å². The molecule has 2 N–H and O–H groups in total. The van der Waals surface area contributed by atoms with Crippen LogP contribution in [0.1, 0.15) is 59.8 Å². The second kappa shape index (κ2) is 8.41. The number of nitrogens with one attached hydrogen (secondary N) is 2. The Morgan fingerprint density at radius 3 is 2.48 bits per heavy atom. The van der Waals surface area contributed by atoms with E-state index >= 15 is 0 Å². The van der Waals surface area contributed by atoms with Crippen molar-refractivity contribution in [2.24, 2.45) is 10.8 Å². The van der Waals surface area contributed by atoms with Crippen molar-refractivity contribution in [3.63, 3.8) is 0 Å². The molecule has 1 aliphatic carbocycles. The highest BCUT2D eigenvalue weighted by atomic mass is 16.5. The Labute approximate surface area is 139 Å². The van der Waals surface area contributed by atoms with Crippen LogP contribution in [0.4, 0.5) is 9.59 Å². The molecule has 0 aromatic carbocycles. The smallest absolute Gasteiger partial charge is 0.407 e. The molecule has 1 saturated carbocycles. The van der Waals surface area contributed by atoms with E-state index in [1.54, 1.807) is 0 Å². The zero-order valence-corrected chi connectivity index (χ0v) is 15.2. The normalized spacial score (nSPS) is 26.2. The number of rotatable bonds is 6. The van der Waals surface area contributed by atoms with Gasteiger partial charge in [0.2, 0.25) is 0 Å². The first-order valence-electron chi connectivity index (χ1n) is 8.45. The molecule has 0 saturated heterocycles. The molecule has 1 fully saturated rings. The lowest BCUT2D eigenvalue weighted by atomic mass is 9.62. The highest BCUT2D eigenvalue weighted by Crippen LogP contribution is 2.45. The minimum absolute atomic E-state index is 0.0501. The summed E-state index contributed by atoms with van der Waals surface area (Å²) in [6, 6.07) is 0.0501. The summed E-state index contributed by atoms with van der Waals surface area (Å²) in [7, 11) is 1.37. The van der Waals surface area contributed by atoms with Gasteiger partial charge in [0, 0.05) is 12.6 Å². The molecule has 0 spiro atoms. The first-order chi connectivity index (χ1) is 10.7. The molecule has 0 aromatic heterocycles. The molecule has 0 aliphatic heterocycles. The number of ether oxygens (including phenoxy) is 2. The van der Waals surface area contributed by atoms with E-state index in [1.165, 1.54) is 7.11 Å². The van der Waals surface area contributed by atoms with E-state index in [2.05, 4.69) is 38.3 Å². The van der Waals surface area contributed by atoms with E-state index < -0.39 is 6.09 Å². The largest absolute Gasteiger partial charge is 0.453 e. The molecular weight excluding hydrogens is 296 g/mol. The fourth-order valence-corrected chi connectivity index (χ4v) is 3.74. The Morgan fingerprint density at radius 2 is 1.87 bits per heavy atom. The van der Waals surface area contributed by atoms with Crippen molar-refractivity contribution in [3.8, 4) is 0 Å². The van der Waals surface area contributed by atoms with E-state index in [0.29, 0.717) is 13.2 Å². The van der Waals surface area contributed by atoms with Gasteiger partial charge < -0.3 is 20.1 Å². The molecule has 1 aliphatic rings. The Kier molecular flexibility index (Phi) is 7.16. The minimum Gasteiger partial charge on any atom is -0.453 e. The predicted molar refractivity (Wildman–Crippen MR) is 89.3 cm³/mol. The highest BCUT2D eigenvalue weighted by molar-refractivity contribution is 5.67. The maximum atomic E-state index is 11.7. The van der Waals surface area contributed by atoms with E-state index in [1.807, 2.05) is 0 Å². The van der Waals surface area contributed by atoms with E-state index in [9.17, 15) is 9.59 Å². The van der Waals surface area contributed by atoms with E-state index in [-0.39, 0.29) is 23.0 Å². The lowest BCUT2D eigenvalue weighted by Crippen LogP contribution is -2.50. The van der Waals surface area contributed by atoms with Crippen molar-refractivity contribution in [2.75, 3.05) is 20.3 Å². The van der Waals surface area contributed by atoms with Crippen LogP contribution in [0.2, 0.25) is 0 Å². The van der Waals surface area contributed by atoms with E-state index in [0.717, 1.165) is 32.1 Å². The van der Waals surface area contributed by atoms with Gasteiger partial charge in [-0.3, -0.25) is 0 Å². The molecule has 0 bridgehead atoms. The maximum absolute atomic E-state index is 11.7. The predicted octanol–water partition coefficient (Wildman–Crippen LogP) is 3.45. The van der Waals surface area contributed by atoms with Crippen LogP contribution < -0.4 is 10.6 Å². The minimum atomic E-state index is -0.401. The number of carbonyl (C=O) groups excluding carboxylic acids is 2. The zero-order chi connectivity index (χ0) is 17.5. The van der Waals surface area contributed by atoms with Gasteiger partial charge in [-0.25, -0.2) is 9.59 Å². The third-order valence-corrected chi connectivity index (χ3v) is 4.34. The Hall–Kier alpha value is -1.46. The number of carbonyl (C=O) groups is 2. The van der Waals surface area contributed by atoms with Crippen LogP contribution in [0.3, 0.4) is 0 Å².